The highest BCUT2D eigenvalue weighted by atomic mass is 16.5. The summed E-state index contributed by atoms with van der Waals surface area (Å²) in [6, 6.07) is 0. The molecule has 4 rings (SSSR count). The van der Waals surface area contributed by atoms with Crippen LogP contribution in [0.4, 0.5) is 5.82 Å². The highest BCUT2D eigenvalue weighted by Crippen LogP contribution is 2.38. The summed E-state index contributed by atoms with van der Waals surface area (Å²) >= 11 is 0. The molecule has 0 bridgehead atoms. The topological polar surface area (TPSA) is 126 Å². The minimum atomic E-state index is -0.786. The Hall–Kier alpha value is -2.36. The number of carbonyl (C=O) groups excluding carboxylic acids is 2. The van der Waals surface area contributed by atoms with Crippen LogP contribution in [0.15, 0.2) is 23.1 Å². The van der Waals surface area contributed by atoms with Gasteiger partial charge in [0.2, 0.25) is 0 Å². The number of nitrogens with zero attached hydrogens (tertiary/aromatic N) is 3. The Bertz CT molecular complexity index is 874. The van der Waals surface area contributed by atoms with Gasteiger partial charge in [0.1, 0.15) is 41.4 Å². The molecule has 0 amide bonds. The molecule has 9 heteroatoms. The number of Topliss-reactive ketones (excluding diaryl/α,β-unsaturated/α-hetero) is 2. The third-order valence-corrected chi connectivity index (χ3v) is 5.70. The van der Waals surface area contributed by atoms with E-state index in [0.717, 1.165) is 19.3 Å². The second-order valence-corrected chi connectivity index (χ2v) is 7.78. The van der Waals surface area contributed by atoms with Gasteiger partial charge in [0.05, 0.1) is 19.0 Å². The van der Waals surface area contributed by atoms with E-state index in [0.29, 0.717) is 23.6 Å². The van der Waals surface area contributed by atoms with Crippen molar-refractivity contribution in [2.45, 2.75) is 63.9 Å². The standard InChI is InChI=1S/C20H26N4O5/c1-2-3-4-5-12(26)6-11-8-21-19-16(11)18(28)17-20(23-19)24(10-22-17)15-7-13(27)14(9-25)29-15/h8,10,13-16,25,27H,2-7,9H2,1H3,(H,21,23)/t13-,14+,15+,16?/m0/s1. The number of fused-ring (bicyclic) bond motifs is 2. The van der Waals surface area contributed by atoms with E-state index in [1.807, 2.05) is 0 Å². The minimum absolute atomic E-state index is 0.119. The number of aliphatic hydroxyl groups is 2. The van der Waals surface area contributed by atoms with Gasteiger partial charge < -0.3 is 20.3 Å². The maximum absolute atomic E-state index is 13.1. The lowest BCUT2D eigenvalue weighted by atomic mass is 9.87. The van der Waals surface area contributed by atoms with Gasteiger partial charge in [-0.1, -0.05) is 19.8 Å². The number of hydrogen-bond acceptors (Lipinski definition) is 8. The monoisotopic (exact) mass is 402 g/mol. The van der Waals surface area contributed by atoms with E-state index in [4.69, 9.17) is 4.74 Å². The smallest absolute Gasteiger partial charge is 0.199 e. The Morgan fingerprint density at radius 2 is 2.24 bits per heavy atom. The molecule has 1 fully saturated rings. The van der Waals surface area contributed by atoms with Crippen LogP contribution < -0.4 is 5.32 Å². The quantitative estimate of drug-likeness (QED) is 0.564. The van der Waals surface area contributed by atoms with Gasteiger partial charge in [0, 0.05) is 25.5 Å². The zero-order valence-corrected chi connectivity index (χ0v) is 16.4. The minimum Gasteiger partial charge on any atom is -0.394 e. The molecule has 3 aliphatic heterocycles. The van der Waals surface area contributed by atoms with Crippen LogP contribution >= 0.6 is 0 Å². The fourth-order valence-electron chi connectivity index (χ4n) is 4.10. The van der Waals surface area contributed by atoms with Crippen molar-refractivity contribution in [1.29, 1.82) is 0 Å². The molecule has 1 unspecified atom stereocenters. The number of aliphatic hydroxyl groups excluding tert-OH is 2. The molecular weight excluding hydrogens is 376 g/mol. The highest BCUT2D eigenvalue weighted by molar-refractivity contribution is 6.24. The second kappa shape index (κ2) is 8.17. The Labute approximate surface area is 168 Å². The molecular formula is C20H26N4O5. The van der Waals surface area contributed by atoms with Gasteiger partial charge in [0.25, 0.3) is 0 Å². The largest absolute Gasteiger partial charge is 0.394 e. The number of hydrogen-bond donors (Lipinski definition) is 3. The summed E-state index contributed by atoms with van der Waals surface area (Å²) in [6.07, 6.45) is 5.08. The number of ketones is 2. The number of rotatable bonds is 8. The molecule has 1 aromatic heterocycles. The SMILES string of the molecule is CCCCCC(=O)CC1=CN=C2Nc3c(ncn3[C@H]3C[C@H](O)[C@@H](CO)O3)C(=O)C12. The molecule has 1 aromatic rings. The summed E-state index contributed by atoms with van der Waals surface area (Å²) in [5, 5.41) is 22.4. The van der Waals surface area contributed by atoms with Crippen LogP contribution in [0.25, 0.3) is 0 Å². The summed E-state index contributed by atoms with van der Waals surface area (Å²) in [5.74, 6) is 0.274. The zero-order valence-electron chi connectivity index (χ0n) is 16.4. The number of nitrogens with one attached hydrogen (secondary N) is 1. The first-order chi connectivity index (χ1) is 14.0. The van der Waals surface area contributed by atoms with E-state index in [9.17, 15) is 19.8 Å². The number of unbranched alkanes of at least 4 members (excludes halogenated alkanes) is 2. The van der Waals surface area contributed by atoms with E-state index in [1.165, 1.54) is 6.33 Å². The van der Waals surface area contributed by atoms with Crippen molar-refractivity contribution in [2.75, 3.05) is 11.9 Å². The van der Waals surface area contributed by atoms with Crippen LogP contribution in [-0.4, -0.2) is 56.0 Å². The van der Waals surface area contributed by atoms with Crippen LogP contribution in [0.1, 0.15) is 62.2 Å². The predicted octanol–water partition coefficient (Wildman–Crippen LogP) is 1.58. The second-order valence-electron chi connectivity index (χ2n) is 7.78. The van der Waals surface area contributed by atoms with Crippen LogP contribution in [0.5, 0.6) is 0 Å². The number of imidazole rings is 1. The third-order valence-electron chi connectivity index (χ3n) is 5.70. The lowest BCUT2D eigenvalue weighted by molar-refractivity contribution is -0.118. The summed E-state index contributed by atoms with van der Waals surface area (Å²) in [5.41, 5.74) is 0.970. The van der Waals surface area contributed by atoms with Crippen LogP contribution in [0.2, 0.25) is 0 Å². The Kier molecular flexibility index (Phi) is 5.62. The molecule has 1 saturated heterocycles. The van der Waals surface area contributed by atoms with Crippen molar-refractivity contribution in [3.05, 3.63) is 23.8 Å². The van der Waals surface area contributed by atoms with Crippen molar-refractivity contribution in [1.82, 2.24) is 9.55 Å². The van der Waals surface area contributed by atoms with Crippen LogP contribution in [0.3, 0.4) is 0 Å². The lowest BCUT2D eigenvalue weighted by Gasteiger charge is -2.25. The first kappa shape index (κ1) is 19.9. The Balaban J connectivity index is 1.48. The van der Waals surface area contributed by atoms with Crippen molar-refractivity contribution in [3.8, 4) is 0 Å². The van der Waals surface area contributed by atoms with Gasteiger partial charge in [-0.15, -0.1) is 0 Å². The molecule has 3 aliphatic rings. The molecule has 4 heterocycles. The number of anilines is 1. The van der Waals surface area contributed by atoms with E-state index >= 15 is 0 Å². The number of ether oxygens (including phenoxy) is 1. The average molecular weight is 402 g/mol. The number of carbonyl (C=O) groups is 2. The van der Waals surface area contributed by atoms with Crippen molar-refractivity contribution >= 4 is 23.2 Å². The fourth-order valence-corrected chi connectivity index (χ4v) is 4.10. The zero-order chi connectivity index (χ0) is 20.5. The molecule has 0 aromatic carbocycles. The maximum atomic E-state index is 13.1. The predicted molar refractivity (Wildman–Crippen MR) is 105 cm³/mol. The normalized spacial score (nSPS) is 27.9. The molecule has 4 atom stereocenters. The number of aromatic nitrogens is 2. The van der Waals surface area contributed by atoms with Gasteiger partial charge in [0.15, 0.2) is 5.78 Å². The molecule has 0 saturated carbocycles. The highest BCUT2D eigenvalue weighted by Gasteiger charge is 2.43. The first-order valence-electron chi connectivity index (χ1n) is 10.1. The molecule has 0 aliphatic carbocycles. The molecule has 0 radical (unpaired) electrons. The van der Waals surface area contributed by atoms with Gasteiger partial charge in [-0.3, -0.25) is 14.2 Å². The van der Waals surface area contributed by atoms with Crippen molar-refractivity contribution in [2.24, 2.45) is 10.9 Å². The summed E-state index contributed by atoms with van der Waals surface area (Å²) in [4.78, 5) is 33.9. The van der Waals surface area contributed by atoms with E-state index in [1.54, 1.807) is 10.8 Å². The van der Waals surface area contributed by atoms with E-state index in [2.05, 4.69) is 22.2 Å². The summed E-state index contributed by atoms with van der Waals surface area (Å²) in [6.45, 7) is 1.81. The first-order valence-corrected chi connectivity index (χ1v) is 10.1. The lowest BCUT2D eigenvalue weighted by Crippen LogP contribution is -2.36. The van der Waals surface area contributed by atoms with Crippen LogP contribution in [0, 0.1) is 5.92 Å². The van der Waals surface area contributed by atoms with E-state index in [-0.39, 0.29) is 36.7 Å². The Morgan fingerprint density at radius 3 is 2.97 bits per heavy atom. The van der Waals surface area contributed by atoms with Crippen LogP contribution in [-0.2, 0) is 9.53 Å². The van der Waals surface area contributed by atoms with Gasteiger partial charge in [-0.25, -0.2) is 9.98 Å². The molecule has 3 N–H and O–H groups in total. The van der Waals surface area contributed by atoms with Crippen molar-refractivity contribution < 1.29 is 24.5 Å². The number of amidine groups is 1. The maximum Gasteiger partial charge on any atom is 0.199 e. The molecule has 0 spiro atoms. The average Bonchev–Trinajstić information content (AvgIpc) is 3.39. The number of aliphatic imine (C=N–C) groups is 1. The van der Waals surface area contributed by atoms with E-state index < -0.39 is 24.4 Å². The summed E-state index contributed by atoms with van der Waals surface area (Å²) < 4.78 is 7.33. The molecule has 156 valence electrons. The van der Waals surface area contributed by atoms with Gasteiger partial charge in [-0.05, 0) is 12.0 Å². The Morgan fingerprint density at radius 1 is 1.41 bits per heavy atom. The molecule has 29 heavy (non-hydrogen) atoms. The van der Waals surface area contributed by atoms with Crippen molar-refractivity contribution in [3.63, 3.8) is 0 Å². The molecule has 9 nitrogen and oxygen atoms in total. The fraction of sp³-hybridized carbons (Fsp3) is 0.600. The van der Waals surface area contributed by atoms with Gasteiger partial charge >= 0.3 is 0 Å². The van der Waals surface area contributed by atoms with Gasteiger partial charge in [-0.2, -0.15) is 0 Å². The summed E-state index contributed by atoms with van der Waals surface area (Å²) in [7, 11) is 0. The third kappa shape index (κ3) is 3.65.